The third-order valence-corrected chi connectivity index (χ3v) is 2.80. The summed E-state index contributed by atoms with van der Waals surface area (Å²) in [6.07, 6.45) is 0. The van der Waals surface area contributed by atoms with Crippen LogP contribution in [0.2, 0.25) is 5.02 Å². The maximum absolute atomic E-state index is 13.1. The number of nitrogens with zero attached hydrogens (tertiary/aromatic N) is 2. The van der Waals surface area contributed by atoms with Crippen LogP contribution in [-0.4, -0.2) is 4.98 Å². The molecule has 6 heteroatoms. The predicted molar refractivity (Wildman–Crippen MR) is 73.6 cm³/mol. The van der Waals surface area contributed by atoms with Crippen LogP contribution in [0.1, 0.15) is 23.0 Å². The van der Waals surface area contributed by atoms with Gasteiger partial charge in [0.25, 0.3) is 0 Å². The van der Waals surface area contributed by atoms with E-state index in [1.165, 1.54) is 12.1 Å². The normalized spacial score (nSPS) is 11.3. The van der Waals surface area contributed by atoms with Gasteiger partial charge in [0.1, 0.15) is 17.6 Å². The SMILES string of the molecule is Cl.N#Cc1cccc(C(N)c2ccc(F)c(Cl)c2)n1. The fraction of sp³-hybridized carbons (Fsp3) is 0.0769. The lowest BCUT2D eigenvalue weighted by molar-refractivity contribution is 0.626. The fourth-order valence-corrected chi connectivity index (χ4v) is 1.75. The van der Waals surface area contributed by atoms with Crippen molar-refractivity contribution in [1.29, 1.82) is 5.26 Å². The van der Waals surface area contributed by atoms with Crippen molar-refractivity contribution in [3.8, 4) is 6.07 Å². The number of rotatable bonds is 2. The lowest BCUT2D eigenvalue weighted by Gasteiger charge is -2.12. The quantitative estimate of drug-likeness (QED) is 0.926. The smallest absolute Gasteiger partial charge is 0.141 e. The maximum Gasteiger partial charge on any atom is 0.141 e. The maximum atomic E-state index is 13.1. The molecule has 0 bridgehead atoms. The molecular formula is C13H10Cl2FN3. The molecule has 2 rings (SSSR count). The summed E-state index contributed by atoms with van der Waals surface area (Å²) in [7, 11) is 0. The molecule has 3 nitrogen and oxygen atoms in total. The summed E-state index contributed by atoms with van der Waals surface area (Å²) in [5, 5.41) is 8.78. The Labute approximate surface area is 121 Å². The van der Waals surface area contributed by atoms with Crippen LogP contribution >= 0.6 is 24.0 Å². The molecule has 19 heavy (non-hydrogen) atoms. The fourth-order valence-electron chi connectivity index (χ4n) is 1.56. The van der Waals surface area contributed by atoms with Crippen molar-refractivity contribution >= 4 is 24.0 Å². The monoisotopic (exact) mass is 297 g/mol. The first-order valence-electron chi connectivity index (χ1n) is 5.19. The Balaban J connectivity index is 0.00000180. The third kappa shape index (κ3) is 3.42. The first kappa shape index (κ1) is 15.4. The lowest BCUT2D eigenvalue weighted by atomic mass is 10.0. The minimum atomic E-state index is -0.545. The summed E-state index contributed by atoms with van der Waals surface area (Å²) in [6, 6.07) is 10.7. The highest BCUT2D eigenvalue weighted by atomic mass is 35.5. The summed E-state index contributed by atoms with van der Waals surface area (Å²) in [4.78, 5) is 4.10. The van der Waals surface area contributed by atoms with Gasteiger partial charge < -0.3 is 5.73 Å². The van der Waals surface area contributed by atoms with Gasteiger partial charge in [-0.2, -0.15) is 5.26 Å². The van der Waals surface area contributed by atoms with Crippen molar-refractivity contribution in [2.75, 3.05) is 0 Å². The zero-order valence-electron chi connectivity index (χ0n) is 9.68. The zero-order chi connectivity index (χ0) is 13.1. The Bertz CT molecular complexity index is 626. The van der Waals surface area contributed by atoms with Crippen molar-refractivity contribution in [2.24, 2.45) is 5.73 Å². The molecule has 1 unspecified atom stereocenters. The molecule has 2 aromatic rings. The summed E-state index contributed by atoms with van der Waals surface area (Å²) in [6.45, 7) is 0. The summed E-state index contributed by atoms with van der Waals surface area (Å²) >= 11 is 5.70. The summed E-state index contributed by atoms with van der Waals surface area (Å²) in [5.74, 6) is -0.494. The van der Waals surface area contributed by atoms with E-state index >= 15 is 0 Å². The van der Waals surface area contributed by atoms with E-state index in [9.17, 15) is 4.39 Å². The summed E-state index contributed by atoms with van der Waals surface area (Å²) < 4.78 is 13.1. The Morgan fingerprint density at radius 3 is 2.68 bits per heavy atom. The molecule has 0 saturated heterocycles. The van der Waals surface area contributed by atoms with Crippen LogP contribution in [0, 0.1) is 17.1 Å². The molecule has 98 valence electrons. The largest absolute Gasteiger partial charge is 0.319 e. The average Bonchev–Trinajstić information content (AvgIpc) is 2.41. The minimum Gasteiger partial charge on any atom is -0.319 e. The van der Waals surface area contributed by atoms with Gasteiger partial charge in [0.15, 0.2) is 0 Å². The molecule has 0 aliphatic rings. The van der Waals surface area contributed by atoms with Crippen molar-refractivity contribution in [3.05, 3.63) is 64.2 Å². The number of halogens is 3. The number of hydrogen-bond acceptors (Lipinski definition) is 3. The minimum absolute atomic E-state index is 0. The molecule has 0 saturated carbocycles. The van der Waals surface area contributed by atoms with E-state index in [1.807, 2.05) is 6.07 Å². The highest BCUT2D eigenvalue weighted by molar-refractivity contribution is 6.30. The van der Waals surface area contributed by atoms with Gasteiger partial charge in [0.2, 0.25) is 0 Å². The van der Waals surface area contributed by atoms with Crippen molar-refractivity contribution in [2.45, 2.75) is 6.04 Å². The van der Waals surface area contributed by atoms with Crippen LogP contribution in [-0.2, 0) is 0 Å². The highest BCUT2D eigenvalue weighted by Gasteiger charge is 2.12. The predicted octanol–water partition coefficient (Wildman–Crippen LogP) is 3.22. The second-order valence-electron chi connectivity index (χ2n) is 3.71. The number of benzene rings is 1. The molecule has 0 aliphatic carbocycles. The molecule has 1 atom stereocenters. The van der Waals surface area contributed by atoms with E-state index in [-0.39, 0.29) is 23.1 Å². The van der Waals surface area contributed by atoms with Gasteiger partial charge in [0.05, 0.1) is 16.8 Å². The first-order valence-corrected chi connectivity index (χ1v) is 5.57. The molecule has 0 spiro atoms. The van der Waals surface area contributed by atoms with Gasteiger partial charge in [-0.1, -0.05) is 23.7 Å². The molecule has 2 N–H and O–H groups in total. The van der Waals surface area contributed by atoms with Gasteiger partial charge in [-0.15, -0.1) is 12.4 Å². The topological polar surface area (TPSA) is 62.7 Å². The Hall–Kier alpha value is -1.67. The number of aromatic nitrogens is 1. The highest BCUT2D eigenvalue weighted by Crippen LogP contribution is 2.23. The van der Waals surface area contributed by atoms with Crippen molar-refractivity contribution in [1.82, 2.24) is 4.98 Å². The molecule has 1 heterocycles. The van der Waals surface area contributed by atoms with Crippen LogP contribution in [0.15, 0.2) is 36.4 Å². The Morgan fingerprint density at radius 1 is 1.32 bits per heavy atom. The van der Waals surface area contributed by atoms with Gasteiger partial charge in [-0.3, -0.25) is 0 Å². The average molecular weight is 298 g/mol. The number of nitrogens with two attached hydrogens (primary N) is 1. The summed E-state index contributed by atoms with van der Waals surface area (Å²) in [5.41, 5.74) is 7.48. The zero-order valence-corrected chi connectivity index (χ0v) is 11.2. The Morgan fingerprint density at radius 2 is 2.05 bits per heavy atom. The molecule has 0 fully saturated rings. The lowest BCUT2D eigenvalue weighted by Crippen LogP contribution is -2.14. The third-order valence-electron chi connectivity index (χ3n) is 2.51. The molecule has 0 radical (unpaired) electrons. The van der Waals surface area contributed by atoms with E-state index in [0.29, 0.717) is 11.3 Å². The number of nitriles is 1. The van der Waals surface area contributed by atoms with E-state index in [2.05, 4.69) is 4.98 Å². The van der Waals surface area contributed by atoms with Crippen LogP contribution < -0.4 is 5.73 Å². The van der Waals surface area contributed by atoms with E-state index < -0.39 is 11.9 Å². The Kier molecular flexibility index (Phi) is 5.25. The van der Waals surface area contributed by atoms with E-state index in [0.717, 1.165) is 0 Å². The van der Waals surface area contributed by atoms with Gasteiger partial charge in [0, 0.05) is 0 Å². The molecule has 1 aromatic carbocycles. The van der Waals surface area contributed by atoms with Gasteiger partial charge >= 0.3 is 0 Å². The van der Waals surface area contributed by atoms with Crippen LogP contribution in [0.3, 0.4) is 0 Å². The molecule has 0 aliphatic heterocycles. The van der Waals surface area contributed by atoms with Crippen LogP contribution in [0.25, 0.3) is 0 Å². The van der Waals surface area contributed by atoms with Crippen LogP contribution in [0.4, 0.5) is 4.39 Å². The first-order chi connectivity index (χ1) is 8.61. The number of hydrogen-bond donors (Lipinski definition) is 1. The standard InChI is InChI=1S/C13H9ClFN3.ClH/c14-10-6-8(4-5-11(10)15)13(17)12-3-1-2-9(7-16)18-12;/h1-6,13H,17H2;1H. The van der Waals surface area contributed by atoms with E-state index in [4.69, 9.17) is 22.6 Å². The molecule has 0 amide bonds. The second kappa shape index (κ2) is 6.48. The van der Waals surface area contributed by atoms with E-state index in [1.54, 1.807) is 24.3 Å². The molecule has 1 aromatic heterocycles. The second-order valence-corrected chi connectivity index (χ2v) is 4.12. The van der Waals surface area contributed by atoms with Gasteiger partial charge in [-0.05, 0) is 29.8 Å². The van der Waals surface area contributed by atoms with Crippen molar-refractivity contribution < 1.29 is 4.39 Å². The van der Waals surface area contributed by atoms with Crippen LogP contribution in [0.5, 0.6) is 0 Å². The molecular weight excluding hydrogens is 288 g/mol. The van der Waals surface area contributed by atoms with Gasteiger partial charge in [-0.25, -0.2) is 9.37 Å². The number of pyridine rings is 1. The van der Waals surface area contributed by atoms with Crippen molar-refractivity contribution in [3.63, 3.8) is 0 Å².